The van der Waals surface area contributed by atoms with Gasteiger partial charge < -0.3 is 15.4 Å². The van der Waals surface area contributed by atoms with Crippen LogP contribution in [0.2, 0.25) is 0 Å². The molecule has 0 bridgehead atoms. The maximum Gasteiger partial charge on any atom is 0.326 e. The van der Waals surface area contributed by atoms with Gasteiger partial charge in [0.2, 0.25) is 0 Å². The fourth-order valence-corrected chi connectivity index (χ4v) is 2.20. The summed E-state index contributed by atoms with van der Waals surface area (Å²) >= 11 is 0. The zero-order chi connectivity index (χ0) is 15.6. The summed E-state index contributed by atoms with van der Waals surface area (Å²) in [6.07, 6.45) is 2.91. The zero-order valence-corrected chi connectivity index (χ0v) is 12.1. The molecule has 7 heteroatoms. The van der Waals surface area contributed by atoms with E-state index in [2.05, 4.69) is 15.3 Å². The standard InChI is InChI=1S/C14H19N3O4/c1-3-4-9(14(20)21)16-12(18)10-7(2)15-11(8-5-6-8)17-13(10)19/h8-9H,3-6H2,1-2H3,(H,16,18)(H,20,21)(H,15,17,19)/t9-/m1/s1. The minimum Gasteiger partial charge on any atom is -0.480 e. The lowest BCUT2D eigenvalue weighted by atomic mass is 10.1. The van der Waals surface area contributed by atoms with Crippen LogP contribution in [0.25, 0.3) is 0 Å². The Hall–Kier alpha value is -2.18. The summed E-state index contributed by atoms with van der Waals surface area (Å²) in [5.41, 5.74) is -0.289. The number of aromatic nitrogens is 2. The number of nitrogens with zero attached hydrogens (tertiary/aromatic N) is 1. The van der Waals surface area contributed by atoms with Crippen molar-refractivity contribution < 1.29 is 14.7 Å². The Balaban J connectivity index is 2.22. The zero-order valence-electron chi connectivity index (χ0n) is 12.1. The van der Waals surface area contributed by atoms with Crippen LogP contribution < -0.4 is 10.9 Å². The van der Waals surface area contributed by atoms with E-state index in [-0.39, 0.29) is 11.5 Å². The second kappa shape index (κ2) is 6.07. The molecule has 1 aliphatic rings. The summed E-state index contributed by atoms with van der Waals surface area (Å²) in [6, 6.07) is -0.996. The van der Waals surface area contributed by atoms with E-state index in [0.29, 0.717) is 24.4 Å². The van der Waals surface area contributed by atoms with Crippen LogP contribution in [0.1, 0.15) is 60.4 Å². The number of aromatic amines is 1. The van der Waals surface area contributed by atoms with E-state index in [0.717, 1.165) is 12.8 Å². The molecule has 1 aromatic rings. The molecule has 1 atom stereocenters. The molecule has 21 heavy (non-hydrogen) atoms. The first-order valence-corrected chi connectivity index (χ1v) is 7.08. The second-order valence-corrected chi connectivity index (χ2v) is 5.34. The number of carbonyl (C=O) groups is 2. The van der Waals surface area contributed by atoms with E-state index in [4.69, 9.17) is 5.11 Å². The highest BCUT2D eigenvalue weighted by Crippen LogP contribution is 2.37. The summed E-state index contributed by atoms with van der Waals surface area (Å²) in [4.78, 5) is 42.1. The molecule has 2 rings (SSSR count). The predicted octanol–water partition coefficient (Wildman–Crippen LogP) is 0.939. The van der Waals surface area contributed by atoms with Crippen LogP contribution in [0.3, 0.4) is 0 Å². The summed E-state index contributed by atoms with van der Waals surface area (Å²) < 4.78 is 0. The van der Waals surface area contributed by atoms with Gasteiger partial charge in [-0.25, -0.2) is 9.78 Å². The fraction of sp³-hybridized carbons (Fsp3) is 0.571. The highest BCUT2D eigenvalue weighted by Gasteiger charge is 2.29. The van der Waals surface area contributed by atoms with Crippen LogP contribution in [0.5, 0.6) is 0 Å². The number of hydrogen-bond acceptors (Lipinski definition) is 4. The molecular weight excluding hydrogens is 274 g/mol. The van der Waals surface area contributed by atoms with Gasteiger partial charge in [-0.05, 0) is 26.2 Å². The van der Waals surface area contributed by atoms with Gasteiger partial charge in [-0.2, -0.15) is 0 Å². The minimum absolute atomic E-state index is 0.109. The van der Waals surface area contributed by atoms with Gasteiger partial charge in [-0.3, -0.25) is 9.59 Å². The second-order valence-electron chi connectivity index (χ2n) is 5.34. The largest absolute Gasteiger partial charge is 0.480 e. The number of nitrogens with one attached hydrogen (secondary N) is 2. The number of aryl methyl sites for hydroxylation is 1. The van der Waals surface area contributed by atoms with E-state index in [9.17, 15) is 14.4 Å². The smallest absolute Gasteiger partial charge is 0.326 e. The Morgan fingerprint density at radius 3 is 2.62 bits per heavy atom. The van der Waals surface area contributed by atoms with E-state index >= 15 is 0 Å². The number of aliphatic carboxylic acids is 1. The van der Waals surface area contributed by atoms with Crippen molar-refractivity contribution in [3.05, 3.63) is 27.4 Å². The SMILES string of the molecule is CCC[C@@H](NC(=O)c1c(C)nc(C2CC2)[nH]c1=O)C(=O)O. The van der Waals surface area contributed by atoms with E-state index in [1.165, 1.54) is 0 Å². The van der Waals surface area contributed by atoms with Gasteiger partial charge in [0, 0.05) is 5.92 Å². The number of H-pyrrole nitrogens is 1. The predicted molar refractivity (Wildman–Crippen MR) is 75.4 cm³/mol. The lowest BCUT2D eigenvalue weighted by molar-refractivity contribution is -0.139. The fourth-order valence-electron chi connectivity index (χ4n) is 2.20. The molecule has 1 amide bonds. The molecule has 1 saturated carbocycles. The third kappa shape index (κ3) is 3.48. The Morgan fingerprint density at radius 2 is 2.14 bits per heavy atom. The van der Waals surface area contributed by atoms with Crippen molar-refractivity contribution in [2.24, 2.45) is 0 Å². The maximum atomic E-state index is 12.1. The summed E-state index contributed by atoms with van der Waals surface area (Å²) in [5.74, 6) is -0.913. The van der Waals surface area contributed by atoms with Crippen molar-refractivity contribution in [1.82, 2.24) is 15.3 Å². The van der Waals surface area contributed by atoms with Crippen LogP contribution in [0.4, 0.5) is 0 Å². The quantitative estimate of drug-likeness (QED) is 0.722. The third-order valence-corrected chi connectivity index (χ3v) is 3.49. The number of carboxylic acid groups (broad SMARTS) is 1. The van der Waals surface area contributed by atoms with Gasteiger partial charge in [0.05, 0.1) is 5.69 Å². The van der Waals surface area contributed by atoms with Crippen LogP contribution in [0.15, 0.2) is 4.79 Å². The van der Waals surface area contributed by atoms with Gasteiger partial charge in [-0.1, -0.05) is 13.3 Å². The molecule has 3 N–H and O–H groups in total. The number of carbonyl (C=O) groups excluding carboxylic acids is 1. The molecule has 7 nitrogen and oxygen atoms in total. The first-order valence-electron chi connectivity index (χ1n) is 7.08. The van der Waals surface area contributed by atoms with Crippen LogP contribution >= 0.6 is 0 Å². The van der Waals surface area contributed by atoms with Crippen LogP contribution in [-0.2, 0) is 4.79 Å². The Bertz CT molecular complexity index is 619. The molecule has 0 aliphatic heterocycles. The summed E-state index contributed by atoms with van der Waals surface area (Å²) in [7, 11) is 0. The topological polar surface area (TPSA) is 112 Å². The first kappa shape index (κ1) is 15.2. The molecule has 0 aromatic carbocycles. The van der Waals surface area contributed by atoms with Crippen LogP contribution in [0, 0.1) is 6.92 Å². The first-order chi connectivity index (χ1) is 9.93. The Labute approximate surface area is 121 Å². The van der Waals surface area contributed by atoms with Crippen LogP contribution in [-0.4, -0.2) is 33.0 Å². The van der Waals surface area contributed by atoms with E-state index in [1.807, 2.05) is 6.92 Å². The average Bonchev–Trinajstić information content (AvgIpc) is 3.21. The van der Waals surface area contributed by atoms with Crippen molar-refractivity contribution >= 4 is 11.9 Å². The molecular formula is C14H19N3O4. The van der Waals surface area contributed by atoms with Crippen molar-refractivity contribution in [2.75, 3.05) is 0 Å². The summed E-state index contributed by atoms with van der Waals surface area (Å²) in [6.45, 7) is 3.41. The van der Waals surface area contributed by atoms with E-state index in [1.54, 1.807) is 6.92 Å². The Kier molecular flexibility index (Phi) is 4.40. The molecule has 0 saturated heterocycles. The third-order valence-electron chi connectivity index (χ3n) is 3.49. The average molecular weight is 293 g/mol. The maximum absolute atomic E-state index is 12.1. The normalized spacial score (nSPS) is 15.5. The molecule has 0 spiro atoms. The minimum atomic E-state index is -1.11. The van der Waals surface area contributed by atoms with Crippen molar-refractivity contribution in [3.8, 4) is 0 Å². The van der Waals surface area contributed by atoms with Crippen molar-refractivity contribution in [2.45, 2.75) is 51.5 Å². The molecule has 1 aliphatic carbocycles. The van der Waals surface area contributed by atoms with Gasteiger partial charge in [0.25, 0.3) is 11.5 Å². The van der Waals surface area contributed by atoms with Crippen molar-refractivity contribution in [1.29, 1.82) is 0 Å². The highest BCUT2D eigenvalue weighted by molar-refractivity contribution is 5.97. The van der Waals surface area contributed by atoms with Gasteiger partial charge in [-0.15, -0.1) is 0 Å². The molecule has 114 valence electrons. The number of hydrogen-bond donors (Lipinski definition) is 3. The molecule has 1 heterocycles. The molecule has 1 fully saturated rings. The number of carboxylic acids is 1. The number of rotatable bonds is 6. The summed E-state index contributed by atoms with van der Waals surface area (Å²) in [5, 5.41) is 11.4. The lowest BCUT2D eigenvalue weighted by Crippen LogP contribution is -2.43. The van der Waals surface area contributed by atoms with E-state index < -0.39 is 23.5 Å². The lowest BCUT2D eigenvalue weighted by Gasteiger charge is -2.14. The molecule has 0 radical (unpaired) electrons. The molecule has 1 aromatic heterocycles. The Morgan fingerprint density at radius 1 is 1.48 bits per heavy atom. The van der Waals surface area contributed by atoms with Crippen molar-refractivity contribution in [3.63, 3.8) is 0 Å². The molecule has 0 unspecified atom stereocenters. The highest BCUT2D eigenvalue weighted by atomic mass is 16.4. The van der Waals surface area contributed by atoms with Gasteiger partial charge >= 0.3 is 5.97 Å². The van der Waals surface area contributed by atoms with Gasteiger partial charge in [0.15, 0.2) is 0 Å². The number of amides is 1. The van der Waals surface area contributed by atoms with Gasteiger partial charge in [0.1, 0.15) is 17.4 Å². The monoisotopic (exact) mass is 293 g/mol.